The number of carbonyl (C=O) groups is 1. The molecule has 2 N–H and O–H groups in total. The molecule has 2 unspecified atom stereocenters. The van der Waals surface area contributed by atoms with Crippen molar-refractivity contribution in [3.05, 3.63) is 34.9 Å². The number of hydrogen-bond acceptors (Lipinski definition) is 4. The standard InChI is InChI=1S/C21H32ClN3O2/c22-19-10-2-1-9-18(19)20(24-11-3-4-12-24)15-23-21(27)16-25-13-5-7-17(25)8-6-14-26/h1-2,9-10,17,20,26H,3-8,11-16H2,(H,23,27). The van der Waals surface area contributed by atoms with Crippen LogP contribution in [0.5, 0.6) is 0 Å². The number of nitrogens with one attached hydrogen (secondary N) is 1. The minimum atomic E-state index is 0.0853. The fourth-order valence-electron chi connectivity index (χ4n) is 4.44. The van der Waals surface area contributed by atoms with Crippen molar-refractivity contribution in [2.24, 2.45) is 0 Å². The molecule has 0 bridgehead atoms. The van der Waals surface area contributed by atoms with Crippen LogP contribution in [-0.4, -0.2) is 66.2 Å². The van der Waals surface area contributed by atoms with Gasteiger partial charge in [0, 0.05) is 24.2 Å². The van der Waals surface area contributed by atoms with E-state index in [0.29, 0.717) is 19.1 Å². The molecular formula is C21H32ClN3O2. The van der Waals surface area contributed by atoms with E-state index >= 15 is 0 Å². The third kappa shape index (κ3) is 5.67. The second kappa shape index (κ2) is 10.4. The van der Waals surface area contributed by atoms with Crippen molar-refractivity contribution in [2.45, 2.75) is 50.6 Å². The van der Waals surface area contributed by atoms with E-state index in [0.717, 1.165) is 55.9 Å². The molecule has 1 aromatic rings. The first kappa shape index (κ1) is 20.6. The highest BCUT2D eigenvalue weighted by atomic mass is 35.5. The van der Waals surface area contributed by atoms with Crippen LogP contribution in [0.4, 0.5) is 0 Å². The van der Waals surface area contributed by atoms with Crippen molar-refractivity contribution in [2.75, 3.05) is 39.3 Å². The highest BCUT2D eigenvalue weighted by Crippen LogP contribution is 2.29. The van der Waals surface area contributed by atoms with Gasteiger partial charge in [0.25, 0.3) is 0 Å². The van der Waals surface area contributed by atoms with E-state index < -0.39 is 0 Å². The molecule has 0 aliphatic carbocycles. The van der Waals surface area contributed by atoms with Gasteiger partial charge in [-0.15, -0.1) is 0 Å². The second-order valence-corrected chi connectivity index (χ2v) is 8.12. The molecule has 3 rings (SSSR count). The Labute approximate surface area is 167 Å². The molecule has 0 spiro atoms. The smallest absolute Gasteiger partial charge is 0.234 e. The summed E-state index contributed by atoms with van der Waals surface area (Å²) in [5.74, 6) is 0.0853. The van der Waals surface area contributed by atoms with Gasteiger partial charge in [0.15, 0.2) is 0 Å². The first-order valence-electron chi connectivity index (χ1n) is 10.3. The van der Waals surface area contributed by atoms with Crippen LogP contribution in [0, 0.1) is 0 Å². The molecule has 0 radical (unpaired) electrons. The molecule has 6 heteroatoms. The predicted octanol–water partition coefficient (Wildman–Crippen LogP) is 2.83. The highest BCUT2D eigenvalue weighted by Gasteiger charge is 2.28. The summed E-state index contributed by atoms with van der Waals surface area (Å²) in [5.41, 5.74) is 1.10. The molecule has 0 aromatic heterocycles. The fourth-order valence-corrected chi connectivity index (χ4v) is 4.70. The summed E-state index contributed by atoms with van der Waals surface area (Å²) in [6, 6.07) is 8.53. The van der Waals surface area contributed by atoms with Crippen LogP contribution in [0.25, 0.3) is 0 Å². The number of aliphatic hydroxyl groups is 1. The summed E-state index contributed by atoms with van der Waals surface area (Å²) in [4.78, 5) is 17.3. The van der Waals surface area contributed by atoms with E-state index in [1.54, 1.807) is 0 Å². The molecule has 1 aromatic carbocycles. The lowest BCUT2D eigenvalue weighted by Crippen LogP contribution is -2.43. The van der Waals surface area contributed by atoms with Crippen molar-refractivity contribution in [3.8, 4) is 0 Å². The Balaban J connectivity index is 1.56. The molecule has 2 saturated heterocycles. The zero-order chi connectivity index (χ0) is 19.1. The third-order valence-corrected chi connectivity index (χ3v) is 6.22. The zero-order valence-electron chi connectivity index (χ0n) is 16.1. The summed E-state index contributed by atoms with van der Waals surface area (Å²) < 4.78 is 0. The van der Waals surface area contributed by atoms with Gasteiger partial charge in [-0.1, -0.05) is 29.8 Å². The number of benzene rings is 1. The SMILES string of the molecule is O=C(CN1CCCC1CCCO)NCC(c1ccccc1Cl)N1CCCC1. The maximum absolute atomic E-state index is 12.6. The number of likely N-dealkylation sites (tertiary alicyclic amines) is 2. The van der Waals surface area contributed by atoms with Crippen molar-refractivity contribution >= 4 is 17.5 Å². The maximum atomic E-state index is 12.6. The minimum absolute atomic E-state index is 0.0853. The van der Waals surface area contributed by atoms with E-state index in [9.17, 15) is 4.79 Å². The van der Waals surface area contributed by atoms with Gasteiger partial charge in [0.1, 0.15) is 0 Å². The lowest BCUT2D eigenvalue weighted by atomic mass is 10.1. The fraction of sp³-hybridized carbons (Fsp3) is 0.667. The summed E-state index contributed by atoms with van der Waals surface area (Å²) in [6.07, 6.45) is 6.46. The molecule has 2 heterocycles. The van der Waals surface area contributed by atoms with Gasteiger partial charge in [0.05, 0.1) is 12.6 Å². The van der Waals surface area contributed by atoms with Gasteiger partial charge >= 0.3 is 0 Å². The Morgan fingerprint density at radius 1 is 1.22 bits per heavy atom. The van der Waals surface area contributed by atoms with E-state index in [4.69, 9.17) is 16.7 Å². The van der Waals surface area contributed by atoms with Crippen LogP contribution >= 0.6 is 11.6 Å². The number of halogens is 1. The summed E-state index contributed by atoms with van der Waals surface area (Å²) in [5, 5.41) is 13.0. The van der Waals surface area contributed by atoms with Crippen molar-refractivity contribution in [3.63, 3.8) is 0 Å². The van der Waals surface area contributed by atoms with Crippen LogP contribution in [0.2, 0.25) is 5.02 Å². The van der Waals surface area contributed by atoms with E-state index in [-0.39, 0.29) is 18.6 Å². The van der Waals surface area contributed by atoms with Gasteiger partial charge in [-0.25, -0.2) is 0 Å². The number of amides is 1. The Bertz CT molecular complexity index is 607. The van der Waals surface area contributed by atoms with Crippen molar-refractivity contribution in [1.82, 2.24) is 15.1 Å². The van der Waals surface area contributed by atoms with Crippen molar-refractivity contribution < 1.29 is 9.90 Å². The molecule has 2 fully saturated rings. The van der Waals surface area contributed by atoms with Gasteiger partial charge < -0.3 is 10.4 Å². The van der Waals surface area contributed by atoms with E-state index in [2.05, 4.69) is 21.2 Å². The average Bonchev–Trinajstić information content (AvgIpc) is 3.34. The topological polar surface area (TPSA) is 55.8 Å². The van der Waals surface area contributed by atoms with Crippen LogP contribution in [0.1, 0.15) is 50.1 Å². The highest BCUT2D eigenvalue weighted by molar-refractivity contribution is 6.31. The van der Waals surface area contributed by atoms with E-state index in [1.165, 1.54) is 12.8 Å². The monoisotopic (exact) mass is 393 g/mol. The number of rotatable bonds is 9. The first-order chi connectivity index (χ1) is 13.2. The third-order valence-electron chi connectivity index (χ3n) is 5.88. The average molecular weight is 394 g/mol. The van der Waals surface area contributed by atoms with Crippen molar-refractivity contribution in [1.29, 1.82) is 0 Å². The Kier molecular flexibility index (Phi) is 7.94. The number of hydrogen-bond donors (Lipinski definition) is 2. The van der Waals surface area contributed by atoms with Crippen LogP contribution in [-0.2, 0) is 4.79 Å². The summed E-state index contributed by atoms with van der Waals surface area (Å²) in [6.45, 7) is 4.36. The molecular weight excluding hydrogens is 362 g/mol. The molecule has 2 aliphatic heterocycles. The quantitative estimate of drug-likeness (QED) is 0.677. The molecule has 1 amide bonds. The normalized spacial score (nSPS) is 22.2. The molecule has 27 heavy (non-hydrogen) atoms. The summed E-state index contributed by atoms with van der Waals surface area (Å²) in [7, 11) is 0. The Morgan fingerprint density at radius 2 is 2.00 bits per heavy atom. The van der Waals surface area contributed by atoms with Gasteiger partial charge in [-0.2, -0.15) is 0 Å². The second-order valence-electron chi connectivity index (χ2n) is 7.72. The number of nitrogens with zero attached hydrogens (tertiary/aromatic N) is 2. The molecule has 0 saturated carbocycles. The molecule has 2 aliphatic rings. The Hall–Kier alpha value is -1.14. The molecule has 2 atom stereocenters. The van der Waals surface area contributed by atoms with Crippen LogP contribution < -0.4 is 5.32 Å². The lowest BCUT2D eigenvalue weighted by molar-refractivity contribution is -0.122. The predicted molar refractivity (Wildman–Crippen MR) is 109 cm³/mol. The van der Waals surface area contributed by atoms with E-state index in [1.807, 2.05) is 18.2 Å². The van der Waals surface area contributed by atoms with Gasteiger partial charge in [0.2, 0.25) is 5.91 Å². The Morgan fingerprint density at radius 3 is 2.74 bits per heavy atom. The van der Waals surface area contributed by atoms with Gasteiger partial charge in [-0.3, -0.25) is 14.6 Å². The molecule has 150 valence electrons. The largest absolute Gasteiger partial charge is 0.396 e. The molecule has 5 nitrogen and oxygen atoms in total. The maximum Gasteiger partial charge on any atom is 0.234 e. The van der Waals surface area contributed by atoms with Crippen LogP contribution in [0.3, 0.4) is 0 Å². The zero-order valence-corrected chi connectivity index (χ0v) is 16.8. The minimum Gasteiger partial charge on any atom is -0.396 e. The lowest BCUT2D eigenvalue weighted by Gasteiger charge is -2.29. The number of aliphatic hydroxyl groups excluding tert-OH is 1. The van der Waals surface area contributed by atoms with Gasteiger partial charge in [-0.05, 0) is 69.8 Å². The first-order valence-corrected chi connectivity index (χ1v) is 10.7. The summed E-state index contributed by atoms with van der Waals surface area (Å²) >= 11 is 6.45. The van der Waals surface area contributed by atoms with Crippen LogP contribution in [0.15, 0.2) is 24.3 Å². The number of carbonyl (C=O) groups excluding carboxylic acids is 1.